The fraction of sp³-hybridized carbons (Fsp3) is 0.312. The van der Waals surface area contributed by atoms with Crippen molar-refractivity contribution in [1.29, 1.82) is 0 Å². The predicted octanol–water partition coefficient (Wildman–Crippen LogP) is 2.72. The van der Waals surface area contributed by atoms with Crippen molar-refractivity contribution in [1.82, 2.24) is 10.2 Å². The van der Waals surface area contributed by atoms with Gasteiger partial charge in [-0.05, 0) is 43.3 Å². The lowest BCUT2D eigenvalue weighted by Gasteiger charge is -2.14. The van der Waals surface area contributed by atoms with Gasteiger partial charge in [-0.15, -0.1) is 0 Å². The van der Waals surface area contributed by atoms with E-state index in [1.165, 1.54) is 0 Å². The third-order valence-corrected chi connectivity index (χ3v) is 3.32. The summed E-state index contributed by atoms with van der Waals surface area (Å²) in [6.45, 7) is 1.59. The van der Waals surface area contributed by atoms with E-state index in [0.29, 0.717) is 19.6 Å². The number of furan rings is 1. The van der Waals surface area contributed by atoms with Gasteiger partial charge in [0, 0.05) is 11.6 Å². The van der Waals surface area contributed by atoms with Gasteiger partial charge in [-0.3, -0.25) is 9.69 Å². The van der Waals surface area contributed by atoms with Crippen molar-refractivity contribution in [3.63, 3.8) is 0 Å². The van der Waals surface area contributed by atoms with Gasteiger partial charge in [-0.1, -0.05) is 23.7 Å². The standard InChI is InChI=1S/C16H19ClN2O2/c1-19(11-15-3-2-10-21-15)12-16(20)18-9-8-13-4-6-14(17)7-5-13/h2-7,10H,8-9,11-12H2,1H3,(H,18,20). The second-order valence-electron chi connectivity index (χ2n) is 4.98. The number of halogens is 1. The molecule has 1 aromatic carbocycles. The van der Waals surface area contributed by atoms with Gasteiger partial charge >= 0.3 is 0 Å². The largest absolute Gasteiger partial charge is 0.468 e. The Kier molecular flexibility index (Phi) is 5.84. The second kappa shape index (κ2) is 7.86. The van der Waals surface area contributed by atoms with E-state index in [4.69, 9.17) is 16.0 Å². The van der Waals surface area contributed by atoms with Gasteiger partial charge in [0.15, 0.2) is 0 Å². The molecule has 112 valence electrons. The lowest BCUT2D eigenvalue weighted by Crippen LogP contribution is -2.35. The van der Waals surface area contributed by atoms with E-state index < -0.39 is 0 Å². The molecule has 1 N–H and O–H groups in total. The lowest BCUT2D eigenvalue weighted by molar-refractivity contribution is -0.122. The van der Waals surface area contributed by atoms with Gasteiger partial charge in [0.05, 0.1) is 19.4 Å². The smallest absolute Gasteiger partial charge is 0.234 e. The summed E-state index contributed by atoms with van der Waals surface area (Å²) >= 11 is 5.83. The molecule has 0 saturated carbocycles. The number of rotatable bonds is 7. The van der Waals surface area contributed by atoms with E-state index >= 15 is 0 Å². The first-order valence-corrected chi connectivity index (χ1v) is 7.23. The number of hydrogen-bond donors (Lipinski definition) is 1. The first kappa shape index (κ1) is 15.6. The van der Waals surface area contributed by atoms with Crippen LogP contribution in [-0.2, 0) is 17.8 Å². The van der Waals surface area contributed by atoms with E-state index in [1.54, 1.807) is 6.26 Å². The Labute approximate surface area is 129 Å². The zero-order chi connectivity index (χ0) is 15.1. The highest BCUT2D eigenvalue weighted by Gasteiger charge is 2.08. The normalized spacial score (nSPS) is 10.8. The number of nitrogens with zero attached hydrogens (tertiary/aromatic N) is 1. The number of benzene rings is 1. The molecule has 0 unspecified atom stereocenters. The molecule has 2 aromatic rings. The Balaban J connectivity index is 1.66. The summed E-state index contributed by atoms with van der Waals surface area (Å²) in [5, 5.41) is 3.64. The van der Waals surface area contributed by atoms with E-state index in [1.807, 2.05) is 48.3 Å². The number of carbonyl (C=O) groups is 1. The van der Waals surface area contributed by atoms with Crippen LogP contribution in [0.15, 0.2) is 47.1 Å². The van der Waals surface area contributed by atoms with Crippen molar-refractivity contribution in [3.05, 3.63) is 59.0 Å². The molecule has 1 aromatic heterocycles. The topological polar surface area (TPSA) is 45.5 Å². The van der Waals surface area contributed by atoms with Crippen LogP contribution in [0.5, 0.6) is 0 Å². The molecule has 21 heavy (non-hydrogen) atoms. The Morgan fingerprint density at radius 1 is 1.29 bits per heavy atom. The molecular formula is C16H19ClN2O2. The Morgan fingerprint density at radius 2 is 2.05 bits per heavy atom. The minimum Gasteiger partial charge on any atom is -0.468 e. The van der Waals surface area contributed by atoms with Crippen molar-refractivity contribution in [2.45, 2.75) is 13.0 Å². The maximum atomic E-state index is 11.8. The van der Waals surface area contributed by atoms with Crippen LogP contribution in [0.4, 0.5) is 0 Å². The Hall–Kier alpha value is -1.78. The summed E-state index contributed by atoms with van der Waals surface area (Å²) in [6, 6.07) is 11.4. The molecule has 0 saturated heterocycles. The van der Waals surface area contributed by atoms with Crippen molar-refractivity contribution < 1.29 is 9.21 Å². The minimum atomic E-state index is 0.0121. The van der Waals surface area contributed by atoms with Crippen LogP contribution < -0.4 is 5.32 Å². The monoisotopic (exact) mass is 306 g/mol. The fourth-order valence-corrected chi connectivity index (χ4v) is 2.15. The molecule has 0 bridgehead atoms. The average Bonchev–Trinajstić information content (AvgIpc) is 2.93. The van der Waals surface area contributed by atoms with Crippen LogP contribution in [0, 0.1) is 0 Å². The summed E-state index contributed by atoms with van der Waals surface area (Å²) in [6.07, 6.45) is 2.43. The van der Waals surface area contributed by atoms with E-state index in [2.05, 4.69) is 5.32 Å². The number of amides is 1. The van der Waals surface area contributed by atoms with Crippen molar-refractivity contribution in [2.75, 3.05) is 20.1 Å². The van der Waals surface area contributed by atoms with Crippen LogP contribution in [0.1, 0.15) is 11.3 Å². The van der Waals surface area contributed by atoms with Gasteiger partial charge in [0.2, 0.25) is 5.91 Å². The highest BCUT2D eigenvalue weighted by Crippen LogP contribution is 2.09. The van der Waals surface area contributed by atoms with Gasteiger partial charge in [-0.2, -0.15) is 0 Å². The third kappa shape index (κ3) is 5.61. The zero-order valence-electron chi connectivity index (χ0n) is 12.0. The summed E-state index contributed by atoms with van der Waals surface area (Å²) in [5.74, 6) is 0.865. The quantitative estimate of drug-likeness (QED) is 0.855. The van der Waals surface area contributed by atoms with E-state index in [-0.39, 0.29) is 5.91 Å². The summed E-state index contributed by atoms with van der Waals surface area (Å²) in [7, 11) is 1.89. The summed E-state index contributed by atoms with van der Waals surface area (Å²) < 4.78 is 5.25. The van der Waals surface area contributed by atoms with Crippen LogP contribution in [0.25, 0.3) is 0 Å². The summed E-state index contributed by atoms with van der Waals surface area (Å²) in [4.78, 5) is 13.7. The molecule has 0 fully saturated rings. The Morgan fingerprint density at radius 3 is 2.71 bits per heavy atom. The maximum Gasteiger partial charge on any atom is 0.234 e. The van der Waals surface area contributed by atoms with Gasteiger partial charge < -0.3 is 9.73 Å². The minimum absolute atomic E-state index is 0.0121. The van der Waals surface area contributed by atoms with Crippen LogP contribution in [0.2, 0.25) is 5.02 Å². The third-order valence-electron chi connectivity index (χ3n) is 3.07. The summed E-state index contributed by atoms with van der Waals surface area (Å²) in [5.41, 5.74) is 1.16. The maximum absolute atomic E-state index is 11.8. The highest BCUT2D eigenvalue weighted by molar-refractivity contribution is 6.30. The molecule has 1 amide bonds. The first-order chi connectivity index (χ1) is 10.1. The molecular weight excluding hydrogens is 288 g/mol. The molecule has 0 aliphatic carbocycles. The number of nitrogens with one attached hydrogen (secondary N) is 1. The number of carbonyl (C=O) groups excluding carboxylic acids is 1. The first-order valence-electron chi connectivity index (χ1n) is 6.85. The van der Waals surface area contributed by atoms with Crippen LogP contribution in [0.3, 0.4) is 0 Å². The van der Waals surface area contributed by atoms with Gasteiger partial charge in [0.25, 0.3) is 0 Å². The van der Waals surface area contributed by atoms with Crippen LogP contribution >= 0.6 is 11.6 Å². The molecule has 0 spiro atoms. The molecule has 2 rings (SSSR count). The second-order valence-corrected chi connectivity index (χ2v) is 5.41. The van der Waals surface area contributed by atoms with Crippen molar-refractivity contribution in [2.24, 2.45) is 0 Å². The molecule has 4 nitrogen and oxygen atoms in total. The highest BCUT2D eigenvalue weighted by atomic mass is 35.5. The van der Waals surface area contributed by atoms with Gasteiger partial charge in [-0.25, -0.2) is 0 Å². The molecule has 0 aliphatic rings. The lowest BCUT2D eigenvalue weighted by atomic mass is 10.1. The van der Waals surface area contributed by atoms with Crippen LogP contribution in [-0.4, -0.2) is 30.9 Å². The number of likely N-dealkylation sites (N-methyl/N-ethyl adjacent to an activating group) is 1. The zero-order valence-corrected chi connectivity index (χ0v) is 12.8. The van der Waals surface area contributed by atoms with Crippen molar-refractivity contribution >= 4 is 17.5 Å². The fourth-order valence-electron chi connectivity index (χ4n) is 2.02. The SMILES string of the molecule is CN(CC(=O)NCCc1ccc(Cl)cc1)Cc1ccco1. The molecule has 1 heterocycles. The molecule has 0 aliphatic heterocycles. The van der Waals surface area contributed by atoms with E-state index in [0.717, 1.165) is 22.8 Å². The predicted molar refractivity (Wildman–Crippen MR) is 83.2 cm³/mol. The average molecular weight is 307 g/mol. The van der Waals surface area contributed by atoms with E-state index in [9.17, 15) is 4.79 Å². The van der Waals surface area contributed by atoms with Gasteiger partial charge in [0.1, 0.15) is 5.76 Å². The molecule has 5 heteroatoms. The number of hydrogen-bond acceptors (Lipinski definition) is 3. The molecule has 0 atom stereocenters. The Bertz CT molecular complexity index is 552. The van der Waals surface area contributed by atoms with Crippen molar-refractivity contribution in [3.8, 4) is 0 Å². The molecule has 0 radical (unpaired) electrons.